The number of rotatable bonds is 4. The Hall–Kier alpha value is -0.130. The van der Waals surface area contributed by atoms with Gasteiger partial charge < -0.3 is 4.74 Å². The van der Waals surface area contributed by atoms with Crippen LogP contribution in [0.5, 0.6) is 0 Å². The Morgan fingerprint density at radius 1 is 1.50 bits per heavy atom. The maximum absolute atomic E-state index is 10.7. The second kappa shape index (κ2) is 3.72. The summed E-state index contributed by atoms with van der Waals surface area (Å²) in [4.78, 5) is 0. The lowest BCUT2D eigenvalue weighted by molar-refractivity contribution is -0.00471. The highest BCUT2D eigenvalue weighted by Gasteiger charge is 2.31. The lowest BCUT2D eigenvalue weighted by Gasteiger charge is -2.34. The standard InChI is InChI=1S/C7H15NO3S/c1-3-11-7-4-6(5-7)8-12(2,9)10/h6-8H,3-5H2,1-2H3. The molecule has 1 saturated carbocycles. The molecular formula is C7H15NO3S. The first-order valence-corrected chi connectivity index (χ1v) is 5.99. The second-order valence-corrected chi connectivity index (χ2v) is 4.92. The fraction of sp³-hybridized carbons (Fsp3) is 1.00. The third-order valence-electron chi connectivity index (χ3n) is 1.88. The van der Waals surface area contributed by atoms with Crippen molar-refractivity contribution in [2.24, 2.45) is 0 Å². The summed E-state index contributed by atoms with van der Waals surface area (Å²) in [7, 11) is -3.03. The molecule has 0 bridgehead atoms. The predicted octanol–water partition coefficient (Wildman–Crippen LogP) is 0.103. The molecule has 0 heterocycles. The van der Waals surface area contributed by atoms with E-state index in [4.69, 9.17) is 4.74 Å². The van der Waals surface area contributed by atoms with E-state index < -0.39 is 10.0 Å². The molecule has 1 aliphatic rings. The average molecular weight is 193 g/mol. The molecule has 0 saturated heterocycles. The highest BCUT2D eigenvalue weighted by atomic mass is 32.2. The molecule has 12 heavy (non-hydrogen) atoms. The van der Waals surface area contributed by atoms with Crippen LogP contribution in [0.1, 0.15) is 19.8 Å². The first-order valence-electron chi connectivity index (χ1n) is 4.10. The van der Waals surface area contributed by atoms with E-state index in [9.17, 15) is 8.42 Å². The van der Waals surface area contributed by atoms with Crippen LogP contribution in [-0.2, 0) is 14.8 Å². The summed E-state index contributed by atoms with van der Waals surface area (Å²) in [5, 5.41) is 0. The lowest BCUT2D eigenvalue weighted by Crippen LogP contribution is -2.47. The van der Waals surface area contributed by atoms with Gasteiger partial charge in [0, 0.05) is 12.6 Å². The minimum absolute atomic E-state index is 0.0940. The lowest BCUT2D eigenvalue weighted by atomic mass is 9.90. The fourth-order valence-corrected chi connectivity index (χ4v) is 2.13. The van der Waals surface area contributed by atoms with Crippen LogP contribution in [0.2, 0.25) is 0 Å². The zero-order chi connectivity index (χ0) is 9.19. The van der Waals surface area contributed by atoms with Crippen molar-refractivity contribution in [2.75, 3.05) is 12.9 Å². The minimum atomic E-state index is -3.03. The zero-order valence-corrected chi connectivity index (χ0v) is 8.23. The molecule has 5 heteroatoms. The molecule has 1 N–H and O–H groups in total. The maximum Gasteiger partial charge on any atom is 0.208 e. The highest BCUT2D eigenvalue weighted by molar-refractivity contribution is 7.88. The van der Waals surface area contributed by atoms with Crippen molar-refractivity contribution in [3.05, 3.63) is 0 Å². The van der Waals surface area contributed by atoms with Crippen LogP contribution in [-0.4, -0.2) is 33.4 Å². The van der Waals surface area contributed by atoms with E-state index in [1.54, 1.807) is 0 Å². The van der Waals surface area contributed by atoms with Gasteiger partial charge >= 0.3 is 0 Å². The molecule has 0 amide bonds. The Labute approximate surface area is 73.3 Å². The summed E-state index contributed by atoms with van der Waals surface area (Å²) >= 11 is 0. The fourth-order valence-electron chi connectivity index (χ4n) is 1.34. The van der Waals surface area contributed by atoms with Crippen molar-refractivity contribution in [3.8, 4) is 0 Å². The Balaban J connectivity index is 2.18. The van der Waals surface area contributed by atoms with Gasteiger partial charge in [-0.2, -0.15) is 0 Å². The van der Waals surface area contributed by atoms with E-state index in [1.165, 1.54) is 6.26 Å². The van der Waals surface area contributed by atoms with Crippen LogP contribution < -0.4 is 4.72 Å². The number of ether oxygens (including phenoxy) is 1. The van der Waals surface area contributed by atoms with Gasteiger partial charge in [0.2, 0.25) is 10.0 Å². The van der Waals surface area contributed by atoms with E-state index in [0.29, 0.717) is 6.61 Å². The van der Waals surface area contributed by atoms with E-state index in [-0.39, 0.29) is 12.1 Å². The molecular weight excluding hydrogens is 178 g/mol. The monoisotopic (exact) mass is 193 g/mol. The maximum atomic E-state index is 10.7. The van der Waals surface area contributed by atoms with E-state index >= 15 is 0 Å². The quantitative estimate of drug-likeness (QED) is 0.689. The van der Waals surface area contributed by atoms with Crippen LogP contribution in [0.15, 0.2) is 0 Å². The summed E-state index contributed by atoms with van der Waals surface area (Å²) in [6.45, 7) is 2.65. The van der Waals surface area contributed by atoms with Crippen molar-refractivity contribution in [2.45, 2.75) is 31.9 Å². The second-order valence-electron chi connectivity index (χ2n) is 3.14. The van der Waals surface area contributed by atoms with E-state index in [0.717, 1.165) is 12.8 Å². The first kappa shape index (κ1) is 9.95. The molecule has 1 fully saturated rings. The summed E-state index contributed by atoms with van der Waals surface area (Å²) < 4.78 is 29.3. The van der Waals surface area contributed by atoms with Gasteiger partial charge in [-0.15, -0.1) is 0 Å². The van der Waals surface area contributed by atoms with Gasteiger partial charge in [-0.05, 0) is 19.8 Å². The van der Waals surface area contributed by atoms with Crippen LogP contribution in [0.3, 0.4) is 0 Å². The topological polar surface area (TPSA) is 55.4 Å². The van der Waals surface area contributed by atoms with Gasteiger partial charge in [0.1, 0.15) is 0 Å². The Morgan fingerprint density at radius 2 is 2.08 bits per heavy atom. The van der Waals surface area contributed by atoms with Crippen LogP contribution in [0.4, 0.5) is 0 Å². The molecule has 0 aromatic carbocycles. The van der Waals surface area contributed by atoms with Crippen molar-refractivity contribution in [1.29, 1.82) is 0 Å². The van der Waals surface area contributed by atoms with Crippen LogP contribution >= 0.6 is 0 Å². The SMILES string of the molecule is CCOC1CC(NS(C)(=O)=O)C1. The first-order chi connectivity index (χ1) is 5.51. The molecule has 72 valence electrons. The molecule has 1 rings (SSSR count). The minimum Gasteiger partial charge on any atom is -0.378 e. The molecule has 4 nitrogen and oxygen atoms in total. The number of hydrogen-bond acceptors (Lipinski definition) is 3. The van der Waals surface area contributed by atoms with Crippen LogP contribution in [0, 0.1) is 0 Å². The van der Waals surface area contributed by atoms with Crippen molar-refractivity contribution in [3.63, 3.8) is 0 Å². The molecule has 0 radical (unpaired) electrons. The predicted molar refractivity (Wildman–Crippen MR) is 46.4 cm³/mol. The van der Waals surface area contributed by atoms with Crippen molar-refractivity contribution >= 4 is 10.0 Å². The molecule has 0 spiro atoms. The summed E-state index contributed by atoms with van der Waals surface area (Å²) in [5.41, 5.74) is 0. The summed E-state index contributed by atoms with van der Waals surface area (Å²) in [6.07, 6.45) is 3.05. The van der Waals surface area contributed by atoms with Gasteiger partial charge in [0.15, 0.2) is 0 Å². The van der Waals surface area contributed by atoms with Gasteiger partial charge in [-0.1, -0.05) is 0 Å². The van der Waals surface area contributed by atoms with E-state index in [1.807, 2.05) is 6.92 Å². The van der Waals surface area contributed by atoms with Crippen molar-refractivity contribution in [1.82, 2.24) is 4.72 Å². The Bertz CT molecular complexity index is 231. The number of hydrogen-bond donors (Lipinski definition) is 1. The Morgan fingerprint density at radius 3 is 2.50 bits per heavy atom. The molecule has 1 aliphatic carbocycles. The number of nitrogens with one attached hydrogen (secondary N) is 1. The van der Waals surface area contributed by atoms with Gasteiger partial charge in [0.05, 0.1) is 12.4 Å². The highest BCUT2D eigenvalue weighted by Crippen LogP contribution is 2.23. The molecule has 0 atom stereocenters. The van der Waals surface area contributed by atoms with E-state index in [2.05, 4.69) is 4.72 Å². The third-order valence-corrected chi connectivity index (χ3v) is 2.64. The molecule has 0 unspecified atom stereocenters. The summed E-state index contributed by atoms with van der Waals surface area (Å²) in [5.74, 6) is 0. The normalized spacial score (nSPS) is 29.8. The smallest absolute Gasteiger partial charge is 0.208 e. The van der Waals surface area contributed by atoms with Gasteiger partial charge in [0.25, 0.3) is 0 Å². The molecule has 0 aromatic heterocycles. The molecule has 0 aromatic rings. The summed E-state index contributed by atoms with van der Waals surface area (Å²) in [6, 6.07) is 0.0940. The van der Waals surface area contributed by atoms with Crippen LogP contribution in [0.25, 0.3) is 0 Å². The van der Waals surface area contributed by atoms with Gasteiger partial charge in [-0.25, -0.2) is 13.1 Å². The average Bonchev–Trinajstić information content (AvgIpc) is 1.80. The largest absolute Gasteiger partial charge is 0.378 e. The Kier molecular flexibility index (Phi) is 3.09. The van der Waals surface area contributed by atoms with Crippen molar-refractivity contribution < 1.29 is 13.2 Å². The van der Waals surface area contributed by atoms with Gasteiger partial charge in [-0.3, -0.25) is 0 Å². The third kappa shape index (κ3) is 3.08. The zero-order valence-electron chi connectivity index (χ0n) is 7.41. The molecule has 0 aliphatic heterocycles. The number of sulfonamides is 1.